The highest BCUT2D eigenvalue weighted by molar-refractivity contribution is 5.64. The first-order valence-electron chi connectivity index (χ1n) is 9.07. The normalized spacial score (nSPS) is 13.9. The molecule has 1 unspecified atom stereocenters. The van der Waals surface area contributed by atoms with Gasteiger partial charge in [0.05, 0.1) is 0 Å². The summed E-state index contributed by atoms with van der Waals surface area (Å²) in [7, 11) is 0. The van der Waals surface area contributed by atoms with Gasteiger partial charge >= 0.3 is 0 Å². The van der Waals surface area contributed by atoms with Crippen molar-refractivity contribution in [2.75, 3.05) is 5.32 Å². The zero-order valence-corrected chi connectivity index (χ0v) is 15.8. The van der Waals surface area contributed by atoms with Crippen LogP contribution in [0.15, 0.2) is 48.5 Å². The fourth-order valence-electron chi connectivity index (χ4n) is 3.30. The third-order valence-corrected chi connectivity index (χ3v) is 4.88. The van der Waals surface area contributed by atoms with Crippen LogP contribution in [0.4, 0.5) is 5.69 Å². The maximum absolute atomic E-state index is 3.70. The Morgan fingerprint density at radius 3 is 2.42 bits per heavy atom. The van der Waals surface area contributed by atoms with Gasteiger partial charge in [0.1, 0.15) is 0 Å². The predicted octanol–water partition coefficient (Wildman–Crippen LogP) is 6.72. The molecular formula is C23H31N. The summed E-state index contributed by atoms with van der Waals surface area (Å²) in [6.45, 7) is 11.1. The Morgan fingerprint density at radius 1 is 0.958 bits per heavy atom. The van der Waals surface area contributed by atoms with Crippen LogP contribution in [0.2, 0.25) is 0 Å². The minimum atomic E-state index is 0.469. The molecule has 1 N–H and O–H groups in total. The van der Waals surface area contributed by atoms with E-state index in [1.165, 1.54) is 40.8 Å². The van der Waals surface area contributed by atoms with Gasteiger partial charge in [-0.05, 0) is 74.8 Å². The molecule has 0 saturated carbocycles. The SMILES string of the molecule is C/C=C\c1cccc(N[C@@H](C)CCC(C)c2ccccc2C)c1C. The van der Waals surface area contributed by atoms with E-state index in [0.29, 0.717) is 12.0 Å². The Morgan fingerprint density at radius 2 is 1.71 bits per heavy atom. The van der Waals surface area contributed by atoms with Gasteiger partial charge in [-0.2, -0.15) is 0 Å². The minimum Gasteiger partial charge on any atom is -0.382 e. The van der Waals surface area contributed by atoms with Gasteiger partial charge in [0.2, 0.25) is 0 Å². The van der Waals surface area contributed by atoms with Crippen LogP contribution in [0.5, 0.6) is 0 Å². The summed E-state index contributed by atoms with van der Waals surface area (Å²) in [6.07, 6.45) is 6.64. The minimum absolute atomic E-state index is 0.469. The second-order valence-corrected chi connectivity index (χ2v) is 6.90. The van der Waals surface area contributed by atoms with E-state index in [4.69, 9.17) is 0 Å². The molecule has 24 heavy (non-hydrogen) atoms. The number of aryl methyl sites for hydroxylation is 1. The van der Waals surface area contributed by atoms with E-state index < -0.39 is 0 Å². The van der Waals surface area contributed by atoms with Gasteiger partial charge in [-0.1, -0.05) is 55.5 Å². The van der Waals surface area contributed by atoms with E-state index >= 15 is 0 Å². The van der Waals surface area contributed by atoms with Crippen LogP contribution in [0.25, 0.3) is 6.08 Å². The molecule has 0 saturated heterocycles. The molecule has 2 rings (SSSR count). The molecule has 128 valence electrons. The van der Waals surface area contributed by atoms with Crippen molar-refractivity contribution >= 4 is 11.8 Å². The number of hydrogen-bond donors (Lipinski definition) is 1. The van der Waals surface area contributed by atoms with Crippen LogP contribution in [0.1, 0.15) is 61.8 Å². The molecule has 0 heterocycles. The maximum Gasteiger partial charge on any atom is 0.0377 e. The third-order valence-electron chi connectivity index (χ3n) is 4.88. The Balaban J connectivity index is 1.95. The molecule has 0 radical (unpaired) electrons. The monoisotopic (exact) mass is 321 g/mol. The first-order valence-corrected chi connectivity index (χ1v) is 9.07. The maximum atomic E-state index is 3.70. The number of rotatable bonds is 7. The fourth-order valence-corrected chi connectivity index (χ4v) is 3.30. The summed E-state index contributed by atoms with van der Waals surface area (Å²) >= 11 is 0. The topological polar surface area (TPSA) is 12.0 Å². The Labute approximate surface area is 147 Å². The molecule has 0 fully saturated rings. The van der Waals surface area contributed by atoms with Crippen LogP contribution >= 0.6 is 0 Å². The molecule has 1 nitrogen and oxygen atoms in total. The molecular weight excluding hydrogens is 290 g/mol. The zero-order chi connectivity index (χ0) is 17.5. The Hall–Kier alpha value is -2.02. The summed E-state index contributed by atoms with van der Waals surface area (Å²) in [4.78, 5) is 0. The number of hydrogen-bond acceptors (Lipinski definition) is 1. The van der Waals surface area contributed by atoms with Crippen molar-refractivity contribution < 1.29 is 0 Å². The lowest BCUT2D eigenvalue weighted by Crippen LogP contribution is -2.17. The van der Waals surface area contributed by atoms with Gasteiger partial charge in [-0.3, -0.25) is 0 Å². The lowest BCUT2D eigenvalue weighted by Gasteiger charge is -2.21. The van der Waals surface area contributed by atoms with E-state index in [-0.39, 0.29) is 0 Å². The van der Waals surface area contributed by atoms with Gasteiger partial charge < -0.3 is 5.32 Å². The van der Waals surface area contributed by atoms with Crippen molar-refractivity contribution in [1.82, 2.24) is 0 Å². The molecule has 0 spiro atoms. The van der Waals surface area contributed by atoms with Gasteiger partial charge in [0.25, 0.3) is 0 Å². The first kappa shape index (κ1) is 18.3. The third kappa shape index (κ3) is 4.74. The number of allylic oxidation sites excluding steroid dienone is 1. The summed E-state index contributed by atoms with van der Waals surface area (Å²) in [5, 5.41) is 3.70. The molecule has 1 heteroatoms. The molecule has 0 aromatic heterocycles. The van der Waals surface area contributed by atoms with Crippen molar-refractivity contribution in [3.05, 3.63) is 70.8 Å². The number of anilines is 1. The standard InChI is InChI=1S/C23H31N/c1-6-10-21-12-9-14-23(20(21)5)24-19(4)16-15-18(3)22-13-8-7-11-17(22)2/h6-14,18-19,24H,15-16H2,1-5H3/b10-6-/t18?,19-/m0/s1. The highest BCUT2D eigenvalue weighted by Gasteiger charge is 2.11. The summed E-state index contributed by atoms with van der Waals surface area (Å²) in [5.74, 6) is 0.603. The summed E-state index contributed by atoms with van der Waals surface area (Å²) < 4.78 is 0. The van der Waals surface area contributed by atoms with Crippen LogP contribution in [-0.2, 0) is 0 Å². The van der Waals surface area contributed by atoms with Crippen molar-refractivity contribution in [2.24, 2.45) is 0 Å². The summed E-state index contributed by atoms with van der Waals surface area (Å²) in [6, 6.07) is 15.7. The van der Waals surface area contributed by atoms with Gasteiger partial charge in [-0.15, -0.1) is 0 Å². The Kier molecular flexibility index (Phi) is 6.66. The zero-order valence-electron chi connectivity index (χ0n) is 15.8. The van der Waals surface area contributed by atoms with Crippen LogP contribution < -0.4 is 5.32 Å². The van der Waals surface area contributed by atoms with E-state index in [9.17, 15) is 0 Å². The highest BCUT2D eigenvalue weighted by atomic mass is 14.9. The predicted molar refractivity (Wildman–Crippen MR) is 108 cm³/mol. The summed E-state index contributed by atoms with van der Waals surface area (Å²) in [5.41, 5.74) is 6.76. The lowest BCUT2D eigenvalue weighted by atomic mass is 9.91. The van der Waals surface area contributed by atoms with Gasteiger partial charge in [-0.25, -0.2) is 0 Å². The first-order chi connectivity index (χ1) is 11.5. The molecule has 0 aliphatic rings. The van der Waals surface area contributed by atoms with E-state index in [2.05, 4.69) is 94.6 Å². The van der Waals surface area contributed by atoms with Crippen LogP contribution in [-0.4, -0.2) is 6.04 Å². The van der Waals surface area contributed by atoms with Gasteiger partial charge in [0.15, 0.2) is 0 Å². The van der Waals surface area contributed by atoms with Crippen LogP contribution in [0, 0.1) is 13.8 Å². The second-order valence-electron chi connectivity index (χ2n) is 6.90. The highest BCUT2D eigenvalue weighted by Crippen LogP contribution is 2.26. The van der Waals surface area contributed by atoms with Crippen molar-refractivity contribution in [2.45, 2.75) is 59.4 Å². The van der Waals surface area contributed by atoms with Gasteiger partial charge in [0, 0.05) is 11.7 Å². The Bertz CT molecular complexity index is 684. The molecule has 0 amide bonds. The van der Waals surface area contributed by atoms with E-state index in [1.807, 2.05) is 0 Å². The molecule has 0 bridgehead atoms. The molecule has 2 atom stereocenters. The van der Waals surface area contributed by atoms with Crippen molar-refractivity contribution in [1.29, 1.82) is 0 Å². The molecule has 0 aliphatic carbocycles. The van der Waals surface area contributed by atoms with Crippen molar-refractivity contribution in [3.8, 4) is 0 Å². The average Bonchev–Trinajstić information content (AvgIpc) is 2.57. The second kappa shape index (κ2) is 8.73. The van der Waals surface area contributed by atoms with Crippen molar-refractivity contribution in [3.63, 3.8) is 0 Å². The number of nitrogens with one attached hydrogen (secondary N) is 1. The lowest BCUT2D eigenvalue weighted by molar-refractivity contribution is 0.587. The van der Waals surface area contributed by atoms with E-state index in [0.717, 1.165) is 0 Å². The number of benzene rings is 2. The molecule has 0 aliphatic heterocycles. The molecule has 2 aromatic carbocycles. The fraction of sp³-hybridized carbons (Fsp3) is 0.391. The van der Waals surface area contributed by atoms with E-state index in [1.54, 1.807) is 0 Å². The van der Waals surface area contributed by atoms with Crippen LogP contribution in [0.3, 0.4) is 0 Å². The average molecular weight is 322 g/mol. The smallest absolute Gasteiger partial charge is 0.0377 e. The largest absolute Gasteiger partial charge is 0.382 e. The quantitative estimate of drug-likeness (QED) is 0.596. The molecule has 2 aromatic rings.